The van der Waals surface area contributed by atoms with Gasteiger partial charge in [-0.05, 0) is 17.7 Å². The molecule has 2 aromatic carbocycles. The summed E-state index contributed by atoms with van der Waals surface area (Å²) in [6.07, 6.45) is 1.51. The predicted octanol–water partition coefficient (Wildman–Crippen LogP) is 3.50. The summed E-state index contributed by atoms with van der Waals surface area (Å²) in [6.45, 7) is 0.728. The van der Waals surface area contributed by atoms with Gasteiger partial charge in [-0.1, -0.05) is 48.5 Å². The van der Waals surface area contributed by atoms with Crippen LogP contribution in [0.5, 0.6) is 0 Å². The third kappa shape index (κ3) is 4.42. The Balaban J connectivity index is 1.66. The monoisotopic (exact) mass is 350 g/mol. The Morgan fingerprint density at radius 3 is 2.58 bits per heavy atom. The van der Waals surface area contributed by atoms with Crippen molar-refractivity contribution >= 4 is 11.9 Å². The maximum absolute atomic E-state index is 13.7. The van der Waals surface area contributed by atoms with Gasteiger partial charge in [0.05, 0.1) is 0 Å². The molecule has 5 nitrogen and oxygen atoms in total. The van der Waals surface area contributed by atoms with Crippen LogP contribution in [-0.2, 0) is 13.1 Å². The summed E-state index contributed by atoms with van der Waals surface area (Å²) in [7, 11) is 1.73. The first-order chi connectivity index (χ1) is 12.6. The van der Waals surface area contributed by atoms with Crippen LogP contribution in [-0.4, -0.2) is 27.8 Å². The van der Waals surface area contributed by atoms with Crippen molar-refractivity contribution in [2.45, 2.75) is 13.1 Å². The average Bonchev–Trinajstić information content (AvgIpc) is 2.68. The number of nitrogens with zero attached hydrogens (tertiary/aromatic N) is 3. The highest BCUT2D eigenvalue weighted by molar-refractivity contribution is 5.92. The summed E-state index contributed by atoms with van der Waals surface area (Å²) in [5.74, 6) is -0.216. The van der Waals surface area contributed by atoms with Gasteiger partial charge < -0.3 is 10.2 Å². The molecule has 1 N–H and O–H groups in total. The van der Waals surface area contributed by atoms with E-state index in [9.17, 15) is 9.18 Å². The fourth-order valence-electron chi connectivity index (χ4n) is 2.50. The first-order valence-corrected chi connectivity index (χ1v) is 8.23. The number of hydrogen-bond donors (Lipinski definition) is 1. The SMILES string of the molecule is CN(Cc1ccccc1)C(=O)c1ccnc(NCc2ccccc2F)n1. The number of nitrogens with one attached hydrogen (secondary N) is 1. The van der Waals surface area contributed by atoms with Gasteiger partial charge in [-0.25, -0.2) is 14.4 Å². The Hall–Kier alpha value is -3.28. The molecule has 3 aromatic rings. The van der Waals surface area contributed by atoms with E-state index in [2.05, 4.69) is 15.3 Å². The zero-order valence-electron chi connectivity index (χ0n) is 14.4. The Labute approximate surface area is 151 Å². The minimum atomic E-state index is -0.296. The van der Waals surface area contributed by atoms with Crippen LogP contribution in [0.2, 0.25) is 0 Å². The maximum Gasteiger partial charge on any atom is 0.272 e. The van der Waals surface area contributed by atoms with E-state index in [0.717, 1.165) is 5.56 Å². The molecule has 0 aliphatic rings. The number of anilines is 1. The molecule has 0 atom stereocenters. The number of hydrogen-bond acceptors (Lipinski definition) is 4. The molecule has 0 aliphatic carbocycles. The van der Waals surface area contributed by atoms with Crippen LogP contribution in [0.1, 0.15) is 21.6 Å². The van der Waals surface area contributed by atoms with Gasteiger partial charge in [-0.15, -0.1) is 0 Å². The second-order valence-electron chi connectivity index (χ2n) is 5.86. The van der Waals surface area contributed by atoms with Gasteiger partial charge in [-0.3, -0.25) is 4.79 Å². The third-order valence-electron chi connectivity index (χ3n) is 3.88. The average molecular weight is 350 g/mol. The zero-order chi connectivity index (χ0) is 18.4. The van der Waals surface area contributed by atoms with Gasteiger partial charge in [0.2, 0.25) is 5.95 Å². The van der Waals surface area contributed by atoms with Crippen molar-refractivity contribution in [1.82, 2.24) is 14.9 Å². The van der Waals surface area contributed by atoms with Crippen LogP contribution in [0, 0.1) is 5.82 Å². The number of halogens is 1. The molecule has 26 heavy (non-hydrogen) atoms. The Bertz CT molecular complexity index is 886. The first kappa shape index (κ1) is 17.5. The largest absolute Gasteiger partial charge is 0.350 e. The van der Waals surface area contributed by atoms with Crippen LogP contribution >= 0.6 is 0 Å². The summed E-state index contributed by atoms with van der Waals surface area (Å²) in [4.78, 5) is 22.5. The van der Waals surface area contributed by atoms with Gasteiger partial charge in [0.25, 0.3) is 5.91 Å². The highest BCUT2D eigenvalue weighted by Crippen LogP contribution is 2.11. The Kier molecular flexibility index (Phi) is 5.53. The fraction of sp³-hybridized carbons (Fsp3) is 0.150. The van der Waals surface area contributed by atoms with Crippen molar-refractivity contribution in [1.29, 1.82) is 0 Å². The quantitative estimate of drug-likeness (QED) is 0.739. The molecule has 0 bridgehead atoms. The van der Waals surface area contributed by atoms with E-state index >= 15 is 0 Å². The minimum absolute atomic E-state index is 0.204. The topological polar surface area (TPSA) is 58.1 Å². The Morgan fingerprint density at radius 2 is 1.81 bits per heavy atom. The van der Waals surface area contributed by atoms with Crippen molar-refractivity contribution in [3.63, 3.8) is 0 Å². The second kappa shape index (κ2) is 8.20. The molecule has 0 saturated heterocycles. The van der Waals surface area contributed by atoms with Crippen LogP contribution in [0.3, 0.4) is 0 Å². The number of amides is 1. The van der Waals surface area contributed by atoms with E-state index in [0.29, 0.717) is 12.1 Å². The highest BCUT2D eigenvalue weighted by Gasteiger charge is 2.14. The summed E-state index contributed by atoms with van der Waals surface area (Å²) < 4.78 is 13.7. The van der Waals surface area contributed by atoms with Gasteiger partial charge in [0.1, 0.15) is 11.5 Å². The molecule has 1 amide bonds. The van der Waals surface area contributed by atoms with Crippen LogP contribution in [0.25, 0.3) is 0 Å². The molecule has 0 spiro atoms. The van der Waals surface area contributed by atoms with E-state index in [1.165, 1.54) is 12.3 Å². The van der Waals surface area contributed by atoms with Gasteiger partial charge in [0, 0.05) is 31.9 Å². The van der Waals surface area contributed by atoms with Crippen LogP contribution < -0.4 is 5.32 Å². The number of carbonyl (C=O) groups excluding carboxylic acids is 1. The van der Waals surface area contributed by atoms with Crippen LogP contribution in [0.4, 0.5) is 10.3 Å². The summed E-state index contributed by atoms with van der Waals surface area (Å²) >= 11 is 0. The summed E-state index contributed by atoms with van der Waals surface area (Å²) in [6, 6.07) is 17.8. The third-order valence-corrected chi connectivity index (χ3v) is 3.88. The molecule has 1 aromatic heterocycles. The highest BCUT2D eigenvalue weighted by atomic mass is 19.1. The summed E-state index contributed by atoms with van der Waals surface area (Å²) in [5, 5.41) is 2.95. The predicted molar refractivity (Wildman–Crippen MR) is 98.0 cm³/mol. The van der Waals surface area contributed by atoms with Crippen molar-refractivity contribution in [3.05, 3.63) is 89.5 Å². The molecular formula is C20H19FN4O. The lowest BCUT2D eigenvalue weighted by atomic mass is 10.2. The molecule has 0 aliphatic heterocycles. The number of rotatable bonds is 6. The molecule has 3 rings (SSSR count). The number of aromatic nitrogens is 2. The van der Waals surface area contributed by atoms with Crippen molar-refractivity contribution < 1.29 is 9.18 Å². The first-order valence-electron chi connectivity index (χ1n) is 8.23. The second-order valence-corrected chi connectivity index (χ2v) is 5.86. The van der Waals surface area contributed by atoms with E-state index in [4.69, 9.17) is 0 Å². The van der Waals surface area contributed by atoms with E-state index < -0.39 is 0 Å². The lowest BCUT2D eigenvalue weighted by Crippen LogP contribution is -2.27. The van der Waals surface area contributed by atoms with E-state index in [-0.39, 0.29) is 29.9 Å². The minimum Gasteiger partial charge on any atom is -0.350 e. The molecule has 0 fully saturated rings. The zero-order valence-corrected chi connectivity index (χ0v) is 14.4. The molecule has 1 heterocycles. The van der Waals surface area contributed by atoms with E-state index in [1.54, 1.807) is 36.2 Å². The molecule has 0 unspecified atom stereocenters. The lowest BCUT2D eigenvalue weighted by Gasteiger charge is -2.17. The number of benzene rings is 2. The summed E-state index contributed by atoms with van der Waals surface area (Å²) in [5.41, 5.74) is 1.83. The molecule has 6 heteroatoms. The smallest absolute Gasteiger partial charge is 0.272 e. The van der Waals surface area contributed by atoms with Crippen LogP contribution in [0.15, 0.2) is 66.9 Å². The molecule has 132 valence electrons. The molecule has 0 saturated carbocycles. The van der Waals surface area contributed by atoms with Crippen molar-refractivity contribution in [3.8, 4) is 0 Å². The lowest BCUT2D eigenvalue weighted by molar-refractivity contribution is 0.0779. The number of carbonyl (C=O) groups is 1. The van der Waals surface area contributed by atoms with E-state index in [1.807, 2.05) is 30.3 Å². The molecular weight excluding hydrogens is 331 g/mol. The van der Waals surface area contributed by atoms with Crippen molar-refractivity contribution in [2.24, 2.45) is 0 Å². The van der Waals surface area contributed by atoms with Gasteiger partial charge in [-0.2, -0.15) is 0 Å². The van der Waals surface area contributed by atoms with Crippen molar-refractivity contribution in [2.75, 3.05) is 12.4 Å². The molecule has 0 radical (unpaired) electrons. The Morgan fingerprint density at radius 1 is 1.08 bits per heavy atom. The standard InChI is InChI=1S/C20H19FN4O/c1-25(14-15-7-3-2-4-8-15)19(26)18-11-12-22-20(24-18)23-13-16-9-5-6-10-17(16)21/h2-12H,13-14H2,1H3,(H,22,23,24). The fourth-order valence-corrected chi connectivity index (χ4v) is 2.50. The normalized spacial score (nSPS) is 10.4. The van der Waals surface area contributed by atoms with Gasteiger partial charge in [0.15, 0.2) is 0 Å². The maximum atomic E-state index is 13.7. The van der Waals surface area contributed by atoms with Gasteiger partial charge >= 0.3 is 0 Å².